The van der Waals surface area contributed by atoms with Gasteiger partial charge in [-0.3, -0.25) is 4.99 Å². The molecule has 0 aliphatic rings. The summed E-state index contributed by atoms with van der Waals surface area (Å²) < 4.78 is 13.8. The molecule has 0 spiro atoms. The number of amidine groups is 1. The largest absolute Gasteiger partial charge is 0.364 e. The van der Waals surface area contributed by atoms with Gasteiger partial charge in [0.2, 0.25) is 0 Å². The number of aromatic nitrogens is 3. The Hall–Kier alpha value is -3.09. The maximum Gasteiger partial charge on any atom is 0.157 e. The Morgan fingerprint density at radius 1 is 1.28 bits per heavy atom. The molecule has 0 radical (unpaired) electrons. The molecule has 3 N–H and O–H groups in total. The minimum Gasteiger partial charge on any atom is -0.364 e. The fourth-order valence-electron chi connectivity index (χ4n) is 2.69. The van der Waals surface area contributed by atoms with Crippen LogP contribution in [0.1, 0.15) is 17.0 Å². The maximum atomic E-state index is 13.8. The Bertz CT molecular complexity index is 1030. The lowest BCUT2D eigenvalue weighted by atomic mass is 10.2. The van der Waals surface area contributed by atoms with Crippen LogP contribution in [0.2, 0.25) is 0 Å². The van der Waals surface area contributed by atoms with Gasteiger partial charge < -0.3 is 16.0 Å². The van der Waals surface area contributed by atoms with Gasteiger partial charge in [-0.15, -0.1) is 0 Å². The van der Waals surface area contributed by atoms with E-state index in [0.717, 1.165) is 41.6 Å². The molecular formula is C20H22FN7S. The van der Waals surface area contributed by atoms with Crippen LogP contribution in [-0.4, -0.2) is 40.9 Å². The summed E-state index contributed by atoms with van der Waals surface area (Å²) in [6.07, 6.45) is 8.22. The molecule has 2 aromatic heterocycles. The molecule has 150 valence electrons. The van der Waals surface area contributed by atoms with Crippen LogP contribution >= 0.6 is 11.3 Å². The first kappa shape index (κ1) is 20.6. The number of nitrogens with one attached hydrogen (secondary N) is 3. The molecule has 29 heavy (non-hydrogen) atoms. The van der Waals surface area contributed by atoms with E-state index < -0.39 is 0 Å². The molecule has 3 aromatic rings. The van der Waals surface area contributed by atoms with Gasteiger partial charge in [-0.2, -0.15) is 0 Å². The third-order valence-corrected chi connectivity index (χ3v) is 5.21. The maximum absolute atomic E-state index is 13.8. The van der Waals surface area contributed by atoms with Crippen molar-refractivity contribution in [2.24, 2.45) is 4.99 Å². The lowest BCUT2D eigenvalue weighted by molar-refractivity contribution is 0.613. The number of nitrogens with zero attached hydrogens (tertiary/aromatic N) is 4. The zero-order valence-electron chi connectivity index (χ0n) is 16.1. The van der Waals surface area contributed by atoms with Crippen LogP contribution in [0.3, 0.4) is 0 Å². The Kier molecular flexibility index (Phi) is 7.44. The minimum absolute atomic E-state index is 0.246. The van der Waals surface area contributed by atoms with E-state index in [-0.39, 0.29) is 5.82 Å². The Labute approximate surface area is 172 Å². The fraction of sp³-hybridized carbons (Fsp3) is 0.300. The molecule has 0 saturated heterocycles. The number of anilines is 1. The fourth-order valence-corrected chi connectivity index (χ4v) is 3.60. The zero-order valence-corrected chi connectivity index (χ0v) is 16.9. The van der Waals surface area contributed by atoms with E-state index in [4.69, 9.17) is 6.42 Å². The van der Waals surface area contributed by atoms with Crippen molar-refractivity contribution in [3.63, 3.8) is 0 Å². The van der Waals surface area contributed by atoms with E-state index in [1.165, 1.54) is 23.7 Å². The van der Waals surface area contributed by atoms with Crippen molar-refractivity contribution < 1.29 is 4.39 Å². The molecular weight excluding hydrogens is 389 g/mol. The number of halogens is 1. The molecule has 9 heteroatoms. The van der Waals surface area contributed by atoms with E-state index in [1.54, 1.807) is 19.2 Å². The van der Waals surface area contributed by atoms with Gasteiger partial charge in [-0.05, 0) is 6.07 Å². The van der Waals surface area contributed by atoms with E-state index >= 15 is 0 Å². The van der Waals surface area contributed by atoms with Crippen molar-refractivity contribution in [1.82, 2.24) is 25.6 Å². The first-order valence-corrected chi connectivity index (χ1v) is 9.98. The number of benzene rings is 1. The number of rotatable bonds is 9. The standard InChI is InChI=1S/C20H22FN7S/c1-3-24-16(22-2)8-10-23-11-9-17-28-18-19(26-13-27-20(18)29-17)25-12-14-6-4-5-7-15(14)21/h1,4-7,13,23H,8-12H2,2H3,(H,22,24)(H,25,26,27). The van der Waals surface area contributed by atoms with Crippen molar-refractivity contribution in [2.75, 3.05) is 25.5 Å². The molecule has 2 heterocycles. The average Bonchev–Trinajstić information content (AvgIpc) is 3.15. The summed E-state index contributed by atoms with van der Waals surface area (Å²) >= 11 is 1.53. The van der Waals surface area contributed by atoms with E-state index in [1.807, 2.05) is 6.07 Å². The third kappa shape index (κ3) is 5.70. The quantitative estimate of drug-likeness (QED) is 0.165. The highest BCUT2D eigenvalue weighted by molar-refractivity contribution is 7.18. The number of thiazole rings is 1. The molecule has 0 amide bonds. The zero-order chi connectivity index (χ0) is 20.5. The second-order valence-corrected chi connectivity index (χ2v) is 7.18. The van der Waals surface area contributed by atoms with Gasteiger partial charge in [-0.25, -0.2) is 19.3 Å². The second-order valence-electron chi connectivity index (χ2n) is 6.12. The molecule has 0 aliphatic heterocycles. The van der Waals surface area contributed by atoms with Gasteiger partial charge in [0, 0.05) is 51.1 Å². The molecule has 0 bridgehead atoms. The predicted octanol–water partition coefficient (Wildman–Crippen LogP) is 2.57. The van der Waals surface area contributed by atoms with Gasteiger partial charge in [-0.1, -0.05) is 36.0 Å². The number of aliphatic imine (C=N–C) groups is 1. The van der Waals surface area contributed by atoms with Crippen molar-refractivity contribution in [3.05, 3.63) is 47.0 Å². The normalized spacial score (nSPS) is 11.4. The summed E-state index contributed by atoms with van der Waals surface area (Å²) in [5.74, 6) is 1.14. The molecule has 0 atom stereocenters. The summed E-state index contributed by atoms with van der Waals surface area (Å²) in [5.41, 5.74) is 1.29. The van der Waals surface area contributed by atoms with Crippen molar-refractivity contribution in [2.45, 2.75) is 19.4 Å². The number of hydrogen-bond acceptors (Lipinski definition) is 7. The SMILES string of the molecule is C#CN/C(CCNCCc1nc2c(NCc3ccccc3F)ncnc2s1)=N\C. The van der Waals surface area contributed by atoms with Crippen LogP contribution in [-0.2, 0) is 13.0 Å². The van der Waals surface area contributed by atoms with E-state index in [0.29, 0.717) is 23.4 Å². The summed E-state index contributed by atoms with van der Waals surface area (Å²) in [5, 5.41) is 10.3. The molecule has 0 unspecified atom stereocenters. The Morgan fingerprint density at radius 3 is 2.93 bits per heavy atom. The van der Waals surface area contributed by atoms with E-state index in [2.05, 4.69) is 41.9 Å². The second kappa shape index (κ2) is 10.5. The van der Waals surface area contributed by atoms with Crippen LogP contribution in [0.4, 0.5) is 10.2 Å². The van der Waals surface area contributed by atoms with Crippen LogP contribution in [0, 0.1) is 18.3 Å². The van der Waals surface area contributed by atoms with Crippen LogP contribution in [0.5, 0.6) is 0 Å². The number of hydrogen-bond donors (Lipinski definition) is 3. The highest BCUT2D eigenvalue weighted by Gasteiger charge is 2.11. The van der Waals surface area contributed by atoms with E-state index in [9.17, 15) is 4.39 Å². The monoisotopic (exact) mass is 411 g/mol. The highest BCUT2D eigenvalue weighted by atomic mass is 32.1. The van der Waals surface area contributed by atoms with Gasteiger partial charge in [0.1, 0.15) is 28.3 Å². The Balaban J connectivity index is 1.55. The topological polar surface area (TPSA) is 87.1 Å². The Morgan fingerprint density at radius 2 is 2.14 bits per heavy atom. The minimum atomic E-state index is -0.246. The summed E-state index contributed by atoms with van der Waals surface area (Å²) in [7, 11) is 1.71. The first-order chi connectivity index (χ1) is 14.2. The lowest BCUT2D eigenvalue weighted by Gasteiger charge is -2.06. The summed E-state index contributed by atoms with van der Waals surface area (Å²) in [6, 6.07) is 9.04. The number of fused-ring (bicyclic) bond motifs is 1. The highest BCUT2D eigenvalue weighted by Crippen LogP contribution is 2.25. The lowest BCUT2D eigenvalue weighted by Crippen LogP contribution is -2.26. The van der Waals surface area contributed by atoms with Gasteiger partial charge >= 0.3 is 0 Å². The molecule has 1 aromatic carbocycles. The van der Waals surface area contributed by atoms with Crippen LogP contribution < -0.4 is 16.0 Å². The summed E-state index contributed by atoms with van der Waals surface area (Å²) in [4.78, 5) is 18.1. The first-order valence-electron chi connectivity index (χ1n) is 9.17. The van der Waals surface area contributed by atoms with Gasteiger partial charge in [0.25, 0.3) is 0 Å². The van der Waals surface area contributed by atoms with Gasteiger partial charge in [0.05, 0.1) is 5.01 Å². The third-order valence-electron chi connectivity index (χ3n) is 4.18. The van der Waals surface area contributed by atoms with Crippen molar-refractivity contribution in [3.8, 4) is 12.5 Å². The molecule has 3 rings (SSSR count). The molecule has 0 aliphatic carbocycles. The van der Waals surface area contributed by atoms with Crippen molar-refractivity contribution in [1.29, 1.82) is 0 Å². The molecule has 0 saturated carbocycles. The summed E-state index contributed by atoms with van der Waals surface area (Å²) in [6.45, 7) is 1.87. The van der Waals surface area contributed by atoms with Crippen LogP contribution in [0.15, 0.2) is 35.6 Å². The van der Waals surface area contributed by atoms with Crippen molar-refractivity contribution >= 4 is 33.3 Å². The smallest absolute Gasteiger partial charge is 0.157 e. The predicted molar refractivity (Wildman–Crippen MR) is 115 cm³/mol. The van der Waals surface area contributed by atoms with Gasteiger partial charge in [0.15, 0.2) is 5.82 Å². The van der Waals surface area contributed by atoms with Crippen LogP contribution in [0.25, 0.3) is 10.3 Å². The molecule has 0 fully saturated rings. The average molecular weight is 412 g/mol. The number of terminal acetylenes is 1. The molecule has 7 nitrogen and oxygen atoms in total.